The lowest BCUT2D eigenvalue weighted by Gasteiger charge is -2.23. The second-order valence-electron chi connectivity index (χ2n) is 6.03. The smallest absolute Gasteiger partial charge is 0.0825 e. The zero-order chi connectivity index (χ0) is 13.9. The zero-order valence-electron chi connectivity index (χ0n) is 12.5. The van der Waals surface area contributed by atoms with Crippen molar-refractivity contribution in [2.24, 2.45) is 0 Å². The standard InChI is InChI=1S/C17H24N2O/c1-19(2)9-8-14-12-18-16-7-6-13(11-15(14)16)17-5-3-4-10-20-17/h6-7,11-12,17-18H,3-5,8-10H2,1-2H3. The molecule has 1 aliphatic heterocycles. The molecule has 3 heteroatoms. The number of nitrogens with one attached hydrogen (secondary N) is 1. The molecule has 0 radical (unpaired) electrons. The molecular weight excluding hydrogens is 248 g/mol. The third kappa shape index (κ3) is 2.89. The Bertz CT molecular complexity index is 567. The Labute approximate surface area is 120 Å². The van der Waals surface area contributed by atoms with Gasteiger partial charge in [-0.25, -0.2) is 0 Å². The van der Waals surface area contributed by atoms with E-state index in [1.54, 1.807) is 0 Å². The number of nitrogens with zero attached hydrogens (tertiary/aromatic N) is 1. The van der Waals surface area contributed by atoms with Crippen LogP contribution in [0.2, 0.25) is 0 Å². The van der Waals surface area contributed by atoms with Crippen LogP contribution in [0.1, 0.15) is 36.5 Å². The summed E-state index contributed by atoms with van der Waals surface area (Å²) in [6.45, 7) is 1.99. The maximum atomic E-state index is 5.91. The summed E-state index contributed by atoms with van der Waals surface area (Å²) in [4.78, 5) is 5.61. The number of fused-ring (bicyclic) bond motifs is 1. The van der Waals surface area contributed by atoms with E-state index in [1.807, 2.05) is 0 Å². The molecule has 0 saturated carbocycles. The quantitative estimate of drug-likeness (QED) is 0.922. The Morgan fingerprint density at radius 1 is 1.30 bits per heavy atom. The average Bonchev–Trinajstić information content (AvgIpc) is 2.88. The lowest BCUT2D eigenvalue weighted by Crippen LogP contribution is -2.15. The number of benzene rings is 1. The van der Waals surface area contributed by atoms with Crippen LogP contribution in [0, 0.1) is 0 Å². The van der Waals surface area contributed by atoms with E-state index in [1.165, 1.54) is 34.9 Å². The van der Waals surface area contributed by atoms with Crippen molar-refractivity contribution >= 4 is 10.9 Å². The van der Waals surface area contributed by atoms with Crippen LogP contribution in [0.25, 0.3) is 10.9 Å². The fourth-order valence-electron chi connectivity index (χ4n) is 2.95. The van der Waals surface area contributed by atoms with Crippen molar-refractivity contribution in [1.29, 1.82) is 0 Å². The molecule has 1 unspecified atom stereocenters. The lowest BCUT2D eigenvalue weighted by atomic mass is 9.99. The summed E-state index contributed by atoms with van der Waals surface area (Å²) >= 11 is 0. The van der Waals surface area contributed by atoms with E-state index in [2.05, 4.69) is 48.4 Å². The topological polar surface area (TPSA) is 28.3 Å². The van der Waals surface area contributed by atoms with Crippen LogP contribution in [0.15, 0.2) is 24.4 Å². The van der Waals surface area contributed by atoms with Gasteiger partial charge in [-0.1, -0.05) is 6.07 Å². The van der Waals surface area contributed by atoms with Crippen LogP contribution >= 0.6 is 0 Å². The molecule has 0 spiro atoms. The molecule has 0 bridgehead atoms. The van der Waals surface area contributed by atoms with Gasteiger partial charge in [0.2, 0.25) is 0 Å². The van der Waals surface area contributed by atoms with E-state index in [0.717, 1.165) is 26.0 Å². The van der Waals surface area contributed by atoms with Gasteiger partial charge in [-0.3, -0.25) is 0 Å². The number of ether oxygens (including phenoxy) is 1. The van der Waals surface area contributed by atoms with Gasteiger partial charge in [0.15, 0.2) is 0 Å². The van der Waals surface area contributed by atoms with Crippen LogP contribution in [0.4, 0.5) is 0 Å². The number of H-pyrrole nitrogens is 1. The first-order chi connectivity index (χ1) is 9.74. The number of aromatic nitrogens is 1. The predicted octanol–water partition coefficient (Wildman–Crippen LogP) is 3.51. The Kier molecular flexibility index (Phi) is 4.08. The molecule has 3 rings (SSSR count). The van der Waals surface area contributed by atoms with E-state index in [4.69, 9.17) is 4.74 Å². The van der Waals surface area contributed by atoms with Gasteiger partial charge < -0.3 is 14.6 Å². The molecule has 20 heavy (non-hydrogen) atoms. The molecule has 1 aliphatic rings. The third-order valence-electron chi connectivity index (χ3n) is 4.17. The fourth-order valence-corrected chi connectivity index (χ4v) is 2.95. The lowest BCUT2D eigenvalue weighted by molar-refractivity contribution is 0.0150. The van der Waals surface area contributed by atoms with Crippen molar-refractivity contribution in [2.75, 3.05) is 27.2 Å². The highest BCUT2D eigenvalue weighted by Gasteiger charge is 2.17. The molecule has 1 atom stereocenters. The van der Waals surface area contributed by atoms with Gasteiger partial charge in [0.05, 0.1) is 6.10 Å². The molecule has 3 nitrogen and oxygen atoms in total. The summed E-state index contributed by atoms with van der Waals surface area (Å²) in [7, 11) is 4.24. The number of aromatic amines is 1. The maximum Gasteiger partial charge on any atom is 0.0825 e. The number of hydrogen-bond acceptors (Lipinski definition) is 2. The van der Waals surface area contributed by atoms with Crippen molar-refractivity contribution in [3.8, 4) is 0 Å². The Balaban J connectivity index is 1.86. The van der Waals surface area contributed by atoms with E-state index >= 15 is 0 Å². The minimum Gasteiger partial charge on any atom is -0.374 e. The van der Waals surface area contributed by atoms with E-state index in [0.29, 0.717) is 6.10 Å². The van der Waals surface area contributed by atoms with Crippen LogP contribution in [-0.4, -0.2) is 37.1 Å². The third-order valence-corrected chi connectivity index (χ3v) is 4.17. The highest BCUT2D eigenvalue weighted by Crippen LogP contribution is 2.30. The summed E-state index contributed by atoms with van der Waals surface area (Å²) in [5.74, 6) is 0. The molecule has 0 amide bonds. The highest BCUT2D eigenvalue weighted by molar-refractivity contribution is 5.84. The first kappa shape index (κ1) is 13.7. The Hall–Kier alpha value is -1.32. The van der Waals surface area contributed by atoms with Crippen LogP contribution in [-0.2, 0) is 11.2 Å². The van der Waals surface area contributed by atoms with Crippen molar-refractivity contribution in [2.45, 2.75) is 31.8 Å². The maximum absolute atomic E-state index is 5.91. The van der Waals surface area contributed by atoms with Crippen molar-refractivity contribution < 1.29 is 4.74 Å². The Morgan fingerprint density at radius 2 is 2.20 bits per heavy atom. The minimum atomic E-state index is 0.296. The van der Waals surface area contributed by atoms with Gasteiger partial charge in [-0.2, -0.15) is 0 Å². The average molecular weight is 272 g/mol. The predicted molar refractivity (Wildman–Crippen MR) is 83.1 cm³/mol. The molecule has 1 N–H and O–H groups in total. The zero-order valence-corrected chi connectivity index (χ0v) is 12.5. The van der Waals surface area contributed by atoms with E-state index in [-0.39, 0.29) is 0 Å². The second-order valence-corrected chi connectivity index (χ2v) is 6.03. The molecule has 1 saturated heterocycles. The highest BCUT2D eigenvalue weighted by atomic mass is 16.5. The largest absolute Gasteiger partial charge is 0.374 e. The van der Waals surface area contributed by atoms with E-state index < -0.39 is 0 Å². The van der Waals surface area contributed by atoms with Gasteiger partial charge in [-0.15, -0.1) is 0 Å². The number of likely N-dealkylation sites (N-methyl/N-ethyl adjacent to an activating group) is 1. The van der Waals surface area contributed by atoms with Crippen molar-refractivity contribution in [3.05, 3.63) is 35.5 Å². The molecule has 108 valence electrons. The van der Waals surface area contributed by atoms with Gasteiger partial charge in [0, 0.05) is 30.3 Å². The SMILES string of the molecule is CN(C)CCc1c[nH]c2ccc(C3CCCCO3)cc12. The normalized spacial score (nSPS) is 19.9. The molecule has 2 heterocycles. The molecule has 1 aromatic heterocycles. The van der Waals surface area contributed by atoms with E-state index in [9.17, 15) is 0 Å². The summed E-state index contributed by atoms with van der Waals surface area (Å²) in [5.41, 5.74) is 3.98. The van der Waals surface area contributed by atoms with Crippen LogP contribution in [0.5, 0.6) is 0 Å². The molecule has 2 aromatic rings. The molecule has 0 aliphatic carbocycles. The van der Waals surface area contributed by atoms with Crippen molar-refractivity contribution in [1.82, 2.24) is 9.88 Å². The van der Waals surface area contributed by atoms with Gasteiger partial charge in [-0.05, 0) is 63.0 Å². The monoisotopic (exact) mass is 272 g/mol. The summed E-state index contributed by atoms with van der Waals surface area (Å²) in [5, 5.41) is 1.36. The fraction of sp³-hybridized carbons (Fsp3) is 0.529. The summed E-state index contributed by atoms with van der Waals surface area (Å²) in [6.07, 6.45) is 7.18. The van der Waals surface area contributed by atoms with Gasteiger partial charge in [0.1, 0.15) is 0 Å². The van der Waals surface area contributed by atoms with Gasteiger partial charge in [0.25, 0.3) is 0 Å². The minimum absolute atomic E-state index is 0.296. The Morgan fingerprint density at radius 3 is 2.95 bits per heavy atom. The van der Waals surface area contributed by atoms with Gasteiger partial charge >= 0.3 is 0 Å². The number of rotatable bonds is 4. The first-order valence-electron chi connectivity index (χ1n) is 7.60. The molecule has 1 fully saturated rings. The number of hydrogen-bond donors (Lipinski definition) is 1. The second kappa shape index (κ2) is 5.98. The van der Waals surface area contributed by atoms with Crippen LogP contribution < -0.4 is 0 Å². The summed E-state index contributed by atoms with van der Waals surface area (Å²) in [6, 6.07) is 6.74. The molecule has 1 aromatic carbocycles. The summed E-state index contributed by atoms with van der Waals surface area (Å²) < 4.78 is 5.91. The molecular formula is C17H24N2O. The first-order valence-corrected chi connectivity index (χ1v) is 7.60. The van der Waals surface area contributed by atoms with Crippen LogP contribution in [0.3, 0.4) is 0 Å². The van der Waals surface area contributed by atoms with Crippen molar-refractivity contribution in [3.63, 3.8) is 0 Å².